The van der Waals surface area contributed by atoms with Gasteiger partial charge in [-0.25, -0.2) is 4.79 Å². The van der Waals surface area contributed by atoms with Gasteiger partial charge in [0, 0.05) is 22.8 Å². The van der Waals surface area contributed by atoms with Crippen LogP contribution in [0.4, 0.5) is 0 Å². The summed E-state index contributed by atoms with van der Waals surface area (Å²) in [5.41, 5.74) is -1.53. The van der Waals surface area contributed by atoms with Crippen LogP contribution in [0.15, 0.2) is 24.3 Å². The summed E-state index contributed by atoms with van der Waals surface area (Å²) in [6, 6.07) is 4.80. The van der Waals surface area contributed by atoms with Crippen molar-refractivity contribution in [2.45, 2.75) is 6.92 Å². The van der Waals surface area contributed by atoms with E-state index >= 15 is 0 Å². The molecule has 0 fully saturated rings. The molecule has 0 amide bonds. The van der Waals surface area contributed by atoms with Gasteiger partial charge in [-0.15, -0.1) is 0 Å². The van der Waals surface area contributed by atoms with Crippen LogP contribution in [0.25, 0.3) is 10.8 Å². The van der Waals surface area contributed by atoms with Crippen molar-refractivity contribution in [1.82, 2.24) is 0 Å². The van der Waals surface area contributed by atoms with E-state index in [1.165, 1.54) is 26.2 Å². The Morgan fingerprint density at radius 2 is 1.62 bits per heavy atom. The normalized spacial score (nSPS) is 12.6. The zero-order chi connectivity index (χ0) is 21.2. The second kappa shape index (κ2) is 5.96. The first-order valence-corrected chi connectivity index (χ1v) is 8.41. The maximum absolute atomic E-state index is 13.1. The van der Waals surface area contributed by atoms with Crippen LogP contribution in [0, 0.1) is 6.92 Å². The van der Waals surface area contributed by atoms with Crippen molar-refractivity contribution >= 4 is 28.3 Å². The van der Waals surface area contributed by atoms with E-state index in [0.717, 1.165) is 12.1 Å². The van der Waals surface area contributed by atoms with E-state index in [-0.39, 0.29) is 38.8 Å². The summed E-state index contributed by atoms with van der Waals surface area (Å²) in [5.74, 6) is -4.68. The molecule has 0 atom stereocenters. The van der Waals surface area contributed by atoms with Crippen LogP contribution in [0.5, 0.6) is 23.0 Å². The van der Waals surface area contributed by atoms with Crippen molar-refractivity contribution in [3.05, 3.63) is 57.6 Å². The predicted octanol–water partition coefficient (Wildman–Crippen LogP) is 2.12. The number of methoxy groups -OCH3 is 1. The molecule has 0 unspecified atom stereocenters. The van der Waals surface area contributed by atoms with Crippen molar-refractivity contribution in [2.24, 2.45) is 0 Å². The van der Waals surface area contributed by atoms with Crippen molar-refractivity contribution in [3.63, 3.8) is 0 Å². The molecule has 0 saturated carbocycles. The second-order valence-electron chi connectivity index (χ2n) is 6.65. The van der Waals surface area contributed by atoms with Gasteiger partial charge in [-0.05, 0) is 41.5 Å². The van der Waals surface area contributed by atoms with Gasteiger partial charge in [0.25, 0.3) is 0 Å². The highest BCUT2D eigenvalue weighted by Gasteiger charge is 2.34. The highest BCUT2D eigenvalue weighted by atomic mass is 16.5. The third-order valence-corrected chi connectivity index (χ3v) is 5.09. The summed E-state index contributed by atoms with van der Waals surface area (Å²) < 4.78 is 5.02. The average Bonchev–Trinajstić information content (AvgIpc) is 2.64. The molecule has 0 heterocycles. The number of fused-ring (bicyclic) bond motifs is 3. The molecule has 0 saturated heterocycles. The smallest absolute Gasteiger partial charge is 0.339 e. The number of rotatable bonds is 2. The summed E-state index contributed by atoms with van der Waals surface area (Å²) in [7, 11) is 1.33. The number of phenols is 2. The minimum Gasteiger partial charge on any atom is -0.872 e. The minimum atomic E-state index is -1.43. The van der Waals surface area contributed by atoms with Crippen molar-refractivity contribution in [3.8, 4) is 23.0 Å². The molecule has 0 spiro atoms. The molecule has 146 valence electrons. The average molecular weight is 393 g/mol. The van der Waals surface area contributed by atoms with Gasteiger partial charge >= 0.3 is 5.97 Å². The predicted molar refractivity (Wildman–Crippen MR) is 98.3 cm³/mol. The lowest BCUT2D eigenvalue weighted by Gasteiger charge is -2.26. The molecule has 1 aliphatic carbocycles. The fourth-order valence-electron chi connectivity index (χ4n) is 3.80. The zero-order valence-electron chi connectivity index (χ0n) is 15.2. The fraction of sp³-hybridized carbons (Fsp3) is 0.0952. The molecular formula is C21H13O8-. The largest absolute Gasteiger partial charge is 0.872 e. The van der Waals surface area contributed by atoms with E-state index in [2.05, 4.69) is 0 Å². The van der Waals surface area contributed by atoms with Gasteiger partial charge in [0.15, 0.2) is 11.6 Å². The topological polar surface area (TPSA) is 144 Å². The van der Waals surface area contributed by atoms with Gasteiger partial charge in [0.2, 0.25) is 0 Å². The molecule has 8 heteroatoms. The molecule has 0 aliphatic heterocycles. The number of hydrogen-bond acceptors (Lipinski definition) is 7. The highest BCUT2D eigenvalue weighted by molar-refractivity contribution is 6.32. The fourth-order valence-corrected chi connectivity index (χ4v) is 3.80. The van der Waals surface area contributed by atoms with Gasteiger partial charge in [-0.2, -0.15) is 0 Å². The number of carboxylic acids is 1. The second-order valence-corrected chi connectivity index (χ2v) is 6.65. The maximum atomic E-state index is 13.1. The number of carbonyl (C=O) groups is 3. The number of carbonyl (C=O) groups excluding carboxylic acids is 2. The molecule has 0 aromatic heterocycles. The van der Waals surface area contributed by atoms with Gasteiger partial charge in [0.1, 0.15) is 22.8 Å². The summed E-state index contributed by atoms with van der Waals surface area (Å²) in [5, 5.41) is 42.8. The molecule has 4 rings (SSSR count). The van der Waals surface area contributed by atoms with Gasteiger partial charge in [0.05, 0.1) is 12.7 Å². The lowest BCUT2D eigenvalue weighted by Crippen LogP contribution is -2.23. The standard InChI is InChI=1S/C21H14O8/c1-7-14-8(4-12(22)15(7)21(27)28)3-10-17(19(14)25)20(26)16-11(18(10)24)5-9(29-2)6-13(16)23/h3-6,22-23,25H,1-2H3,(H,27,28)/p-1. The Labute approximate surface area is 163 Å². The Balaban J connectivity index is 2.11. The van der Waals surface area contributed by atoms with E-state index < -0.39 is 45.9 Å². The third-order valence-electron chi connectivity index (χ3n) is 5.09. The number of phenolic OH excluding ortho intramolecular Hbond substituents is 1. The number of benzene rings is 3. The van der Waals surface area contributed by atoms with Crippen LogP contribution in [0.3, 0.4) is 0 Å². The van der Waals surface area contributed by atoms with Crippen LogP contribution >= 0.6 is 0 Å². The summed E-state index contributed by atoms with van der Waals surface area (Å²) in [4.78, 5) is 37.5. The van der Waals surface area contributed by atoms with Crippen molar-refractivity contribution in [1.29, 1.82) is 0 Å². The van der Waals surface area contributed by atoms with Crippen molar-refractivity contribution < 1.29 is 39.5 Å². The first-order valence-electron chi connectivity index (χ1n) is 8.41. The molecule has 0 radical (unpaired) electrons. The maximum Gasteiger partial charge on any atom is 0.339 e. The summed E-state index contributed by atoms with van der Waals surface area (Å²) >= 11 is 0. The van der Waals surface area contributed by atoms with Gasteiger partial charge < -0.3 is 25.2 Å². The molecule has 1 aliphatic rings. The highest BCUT2D eigenvalue weighted by Crippen LogP contribution is 2.43. The molecule has 3 aromatic carbocycles. The number of ketones is 2. The molecule has 8 nitrogen and oxygen atoms in total. The SMILES string of the molecule is COc1cc(O)c2c(c1)C(=O)c1cc3cc(O)c(C(=O)O)c(C)c3c([O-])c1C2=O. The Bertz CT molecular complexity index is 1290. The number of carboxylic acid groups (broad SMARTS) is 1. The Kier molecular flexibility index (Phi) is 3.76. The number of ether oxygens (including phenoxy) is 1. The number of aromatic carboxylic acids is 1. The first-order chi connectivity index (χ1) is 13.7. The van der Waals surface area contributed by atoms with Crippen LogP contribution in [-0.2, 0) is 0 Å². The first kappa shape index (κ1) is 18.3. The van der Waals surface area contributed by atoms with Crippen LogP contribution in [0.1, 0.15) is 47.8 Å². The van der Waals surface area contributed by atoms with E-state index in [0.29, 0.717) is 0 Å². The van der Waals surface area contributed by atoms with E-state index in [1.807, 2.05) is 0 Å². The Hall–Kier alpha value is -4.07. The summed E-state index contributed by atoms with van der Waals surface area (Å²) in [6.45, 7) is 1.34. The monoisotopic (exact) mass is 393 g/mol. The summed E-state index contributed by atoms with van der Waals surface area (Å²) in [6.07, 6.45) is 0. The van der Waals surface area contributed by atoms with Gasteiger partial charge in [-0.1, -0.05) is 5.75 Å². The van der Waals surface area contributed by atoms with Crippen LogP contribution < -0.4 is 9.84 Å². The number of aryl methyl sites for hydroxylation is 1. The molecule has 0 bridgehead atoms. The minimum absolute atomic E-state index is 0.0229. The molecule has 3 aromatic rings. The zero-order valence-corrected chi connectivity index (χ0v) is 15.2. The number of hydrogen-bond donors (Lipinski definition) is 3. The van der Waals surface area contributed by atoms with Gasteiger partial charge in [-0.3, -0.25) is 9.59 Å². The lowest BCUT2D eigenvalue weighted by atomic mass is 9.80. The quantitative estimate of drug-likeness (QED) is 0.470. The molecular weight excluding hydrogens is 380 g/mol. The molecule has 29 heavy (non-hydrogen) atoms. The lowest BCUT2D eigenvalue weighted by molar-refractivity contribution is -0.266. The third kappa shape index (κ3) is 2.35. The Morgan fingerprint density at radius 1 is 0.966 bits per heavy atom. The van der Waals surface area contributed by atoms with E-state index in [9.17, 15) is 34.8 Å². The van der Waals surface area contributed by atoms with E-state index in [1.54, 1.807) is 0 Å². The van der Waals surface area contributed by atoms with Crippen molar-refractivity contribution in [2.75, 3.05) is 7.11 Å². The van der Waals surface area contributed by atoms with E-state index in [4.69, 9.17) is 4.74 Å². The van der Waals surface area contributed by atoms with Crippen LogP contribution in [-0.4, -0.2) is 40.0 Å². The van der Waals surface area contributed by atoms with Crippen LogP contribution in [0.2, 0.25) is 0 Å². The molecule has 3 N–H and O–H groups in total. The Morgan fingerprint density at radius 3 is 2.24 bits per heavy atom. The number of aromatic hydroxyl groups is 2.